The molecule has 0 bridgehead atoms. The van der Waals surface area contributed by atoms with Gasteiger partial charge in [0.25, 0.3) is 5.91 Å². The molecule has 0 fully saturated rings. The molecule has 3 aromatic rings. The van der Waals surface area contributed by atoms with Crippen molar-refractivity contribution in [2.24, 2.45) is 0 Å². The molecule has 0 saturated carbocycles. The number of nitrogens with zero attached hydrogens (tertiary/aromatic N) is 1. The smallest absolute Gasteiger partial charge is 0.261 e. The Labute approximate surface area is 201 Å². The monoisotopic (exact) mass is 460 g/mol. The SMILES string of the molecule is CCNC(=O)C(Cc1ccccc1)N(Cc1cccc(C)c1)C(=O)COc1ccccc1OC. The lowest BCUT2D eigenvalue weighted by atomic mass is 10.0. The van der Waals surface area contributed by atoms with Crippen LogP contribution in [0.4, 0.5) is 0 Å². The number of aryl methyl sites for hydroxylation is 1. The molecule has 0 saturated heterocycles. The van der Waals surface area contributed by atoms with Crippen molar-refractivity contribution in [1.82, 2.24) is 10.2 Å². The second kappa shape index (κ2) is 12.4. The Morgan fingerprint density at radius 1 is 0.912 bits per heavy atom. The maximum atomic E-state index is 13.5. The van der Waals surface area contributed by atoms with E-state index in [9.17, 15) is 9.59 Å². The number of hydrogen-bond acceptors (Lipinski definition) is 4. The van der Waals surface area contributed by atoms with E-state index in [1.54, 1.807) is 24.1 Å². The van der Waals surface area contributed by atoms with Crippen LogP contribution >= 0.6 is 0 Å². The number of amides is 2. The molecule has 2 amide bonds. The molecule has 0 aliphatic rings. The number of hydrogen-bond donors (Lipinski definition) is 1. The van der Waals surface area contributed by atoms with Crippen LogP contribution in [0.1, 0.15) is 23.6 Å². The highest BCUT2D eigenvalue weighted by atomic mass is 16.5. The molecular formula is C28H32N2O4. The molecule has 1 N–H and O–H groups in total. The first kappa shape index (κ1) is 24.8. The van der Waals surface area contributed by atoms with Crippen molar-refractivity contribution >= 4 is 11.8 Å². The van der Waals surface area contributed by atoms with Crippen LogP contribution in [-0.2, 0) is 22.6 Å². The summed E-state index contributed by atoms with van der Waals surface area (Å²) in [5.74, 6) is 0.556. The summed E-state index contributed by atoms with van der Waals surface area (Å²) in [6.07, 6.45) is 0.402. The summed E-state index contributed by atoms with van der Waals surface area (Å²) >= 11 is 0. The molecule has 6 nitrogen and oxygen atoms in total. The highest BCUT2D eigenvalue weighted by Crippen LogP contribution is 2.26. The lowest BCUT2D eigenvalue weighted by molar-refractivity contribution is -0.142. The van der Waals surface area contributed by atoms with Gasteiger partial charge in [0.2, 0.25) is 5.91 Å². The third kappa shape index (κ3) is 6.85. The zero-order valence-corrected chi connectivity index (χ0v) is 20.0. The highest BCUT2D eigenvalue weighted by Gasteiger charge is 2.30. The van der Waals surface area contributed by atoms with Crippen molar-refractivity contribution in [3.63, 3.8) is 0 Å². The number of methoxy groups -OCH3 is 1. The van der Waals surface area contributed by atoms with Gasteiger partial charge < -0.3 is 19.7 Å². The molecule has 3 rings (SSSR count). The van der Waals surface area contributed by atoms with Crippen LogP contribution in [0.15, 0.2) is 78.9 Å². The predicted octanol–water partition coefficient (Wildman–Crippen LogP) is 4.16. The van der Waals surface area contributed by atoms with E-state index in [0.29, 0.717) is 31.0 Å². The van der Waals surface area contributed by atoms with E-state index < -0.39 is 6.04 Å². The molecule has 6 heteroatoms. The number of carbonyl (C=O) groups excluding carboxylic acids is 2. The first-order valence-corrected chi connectivity index (χ1v) is 11.4. The molecule has 0 radical (unpaired) electrons. The van der Waals surface area contributed by atoms with Gasteiger partial charge in [-0.3, -0.25) is 9.59 Å². The van der Waals surface area contributed by atoms with Gasteiger partial charge >= 0.3 is 0 Å². The second-order valence-corrected chi connectivity index (χ2v) is 8.05. The van der Waals surface area contributed by atoms with E-state index in [0.717, 1.165) is 16.7 Å². The molecule has 1 unspecified atom stereocenters. The molecule has 0 aromatic heterocycles. The van der Waals surface area contributed by atoms with Crippen molar-refractivity contribution < 1.29 is 19.1 Å². The van der Waals surface area contributed by atoms with E-state index in [-0.39, 0.29) is 18.4 Å². The van der Waals surface area contributed by atoms with Gasteiger partial charge in [-0.1, -0.05) is 72.3 Å². The fourth-order valence-corrected chi connectivity index (χ4v) is 3.81. The number of carbonyl (C=O) groups is 2. The molecule has 3 aromatic carbocycles. The minimum Gasteiger partial charge on any atom is -0.493 e. The van der Waals surface area contributed by atoms with Crippen LogP contribution in [0, 0.1) is 6.92 Å². The molecular weight excluding hydrogens is 428 g/mol. The summed E-state index contributed by atoms with van der Waals surface area (Å²) in [5, 5.41) is 2.90. The average molecular weight is 461 g/mol. The van der Waals surface area contributed by atoms with Gasteiger partial charge in [-0.15, -0.1) is 0 Å². The van der Waals surface area contributed by atoms with Crippen LogP contribution < -0.4 is 14.8 Å². The minimum absolute atomic E-state index is 0.190. The number of nitrogens with one attached hydrogen (secondary N) is 1. The summed E-state index contributed by atoms with van der Waals surface area (Å²) in [4.78, 5) is 28.3. The van der Waals surface area contributed by atoms with Gasteiger partial charge in [-0.05, 0) is 37.1 Å². The Morgan fingerprint density at radius 3 is 2.26 bits per heavy atom. The number of rotatable bonds is 11. The van der Waals surface area contributed by atoms with Crippen LogP contribution in [0.2, 0.25) is 0 Å². The predicted molar refractivity (Wildman–Crippen MR) is 133 cm³/mol. The maximum absolute atomic E-state index is 13.5. The van der Waals surface area contributed by atoms with Crippen molar-refractivity contribution in [2.75, 3.05) is 20.3 Å². The van der Waals surface area contributed by atoms with Crippen LogP contribution in [0.25, 0.3) is 0 Å². The normalized spacial score (nSPS) is 11.4. The Bertz CT molecular complexity index is 1080. The Balaban J connectivity index is 1.90. The number of likely N-dealkylation sites (N-methyl/N-ethyl adjacent to an activating group) is 1. The highest BCUT2D eigenvalue weighted by molar-refractivity contribution is 5.88. The summed E-state index contributed by atoms with van der Waals surface area (Å²) in [5.41, 5.74) is 3.02. The summed E-state index contributed by atoms with van der Waals surface area (Å²) in [6.45, 7) is 4.44. The Morgan fingerprint density at radius 2 is 1.59 bits per heavy atom. The molecule has 34 heavy (non-hydrogen) atoms. The molecule has 178 valence electrons. The minimum atomic E-state index is -0.684. The molecule has 1 atom stereocenters. The largest absolute Gasteiger partial charge is 0.493 e. The zero-order chi connectivity index (χ0) is 24.3. The molecule has 0 heterocycles. The third-order valence-corrected chi connectivity index (χ3v) is 5.48. The molecule has 0 aliphatic carbocycles. The second-order valence-electron chi connectivity index (χ2n) is 8.05. The van der Waals surface area contributed by atoms with E-state index in [2.05, 4.69) is 5.32 Å². The van der Waals surface area contributed by atoms with Crippen molar-refractivity contribution in [2.45, 2.75) is 32.9 Å². The van der Waals surface area contributed by atoms with E-state index in [1.165, 1.54) is 0 Å². The lowest BCUT2D eigenvalue weighted by Crippen LogP contribution is -2.51. The van der Waals surface area contributed by atoms with E-state index in [1.807, 2.05) is 80.6 Å². The average Bonchev–Trinajstić information content (AvgIpc) is 2.85. The zero-order valence-electron chi connectivity index (χ0n) is 20.0. The van der Waals surface area contributed by atoms with Gasteiger partial charge in [0.15, 0.2) is 18.1 Å². The van der Waals surface area contributed by atoms with Crippen LogP contribution in [-0.4, -0.2) is 43.0 Å². The van der Waals surface area contributed by atoms with Gasteiger partial charge in [0.05, 0.1) is 7.11 Å². The van der Waals surface area contributed by atoms with Gasteiger partial charge in [0, 0.05) is 19.5 Å². The summed E-state index contributed by atoms with van der Waals surface area (Å²) in [6, 6.07) is 24.2. The number of ether oxygens (including phenoxy) is 2. The van der Waals surface area contributed by atoms with Crippen molar-refractivity contribution in [1.29, 1.82) is 0 Å². The Kier molecular flexibility index (Phi) is 9.09. The van der Waals surface area contributed by atoms with Crippen molar-refractivity contribution in [3.8, 4) is 11.5 Å². The standard InChI is InChI=1S/C28H32N2O4/c1-4-29-28(32)24(18-22-12-6-5-7-13-22)30(19-23-14-10-11-21(2)17-23)27(31)20-34-26-16-9-8-15-25(26)33-3/h5-17,24H,4,18-20H2,1-3H3,(H,29,32). The van der Waals surface area contributed by atoms with Gasteiger partial charge in [0.1, 0.15) is 6.04 Å². The lowest BCUT2D eigenvalue weighted by Gasteiger charge is -2.31. The number of para-hydroxylation sites is 2. The fourth-order valence-electron chi connectivity index (χ4n) is 3.81. The first-order valence-electron chi connectivity index (χ1n) is 11.4. The van der Waals surface area contributed by atoms with E-state index >= 15 is 0 Å². The van der Waals surface area contributed by atoms with Crippen LogP contribution in [0.3, 0.4) is 0 Å². The van der Waals surface area contributed by atoms with Gasteiger partial charge in [-0.2, -0.15) is 0 Å². The van der Waals surface area contributed by atoms with E-state index in [4.69, 9.17) is 9.47 Å². The molecule has 0 aliphatic heterocycles. The Hall–Kier alpha value is -3.80. The third-order valence-electron chi connectivity index (χ3n) is 5.48. The number of benzene rings is 3. The summed E-state index contributed by atoms with van der Waals surface area (Å²) < 4.78 is 11.2. The maximum Gasteiger partial charge on any atom is 0.261 e. The molecule has 0 spiro atoms. The topological polar surface area (TPSA) is 67.9 Å². The van der Waals surface area contributed by atoms with Crippen molar-refractivity contribution in [3.05, 3.63) is 95.6 Å². The fraction of sp³-hybridized carbons (Fsp3) is 0.286. The van der Waals surface area contributed by atoms with Crippen LogP contribution in [0.5, 0.6) is 11.5 Å². The first-order chi connectivity index (χ1) is 16.5. The van der Waals surface area contributed by atoms with Gasteiger partial charge in [-0.25, -0.2) is 0 Å². The quantitative estimate of drug-likeness (QED) is 0.467. The summed E-state index contributed by atoms with van der Waals surface area (Å²) in [7, 11) is 1.55.